The van der Waals surface area contributed by atoms with E-state index in [2.05, 4.69) is 4.98 Å². The topological polar surface area (TPSA) is 129 Å². The number of ether oxygens (including phenoxy) is 1. The first-order chi connectivity index (χ1) is 16.9. The maximum atomic E-state index is 13.0. The highest BCUT2D eigenvalue weighted by Gasteiger charge is 2.34. The van der Waals surface area contributed by atoms with Gasteiger partial charge in [-0.05, 0) is 12.1 Å². The molecule has 0 aliphatic heterocycles. The average molecular weight is 553 g/mol. The molecule has 1 fully saturated rings. The molecule has 2 aromatic rings. The first-order valence-corrected chi connectivity index (χ1v) is 13.2. The highest BCUT2D eigenvalue weighted by Crippen LogP contribution is 2.48. The van der Waals surface area contributed by atoms with Gasteiger partial charge in [0.15, 0.2) is 6.61 Å². The van der Waals surface area contributed by atoms with Crippen molar-refractivity contribution in [3.8, 4) is 11.6 Å². The Bertz CT molecular complexity index is 1120. The van der Waals surface area contributed by atoms with Gasteiger partial charge >= 0.3 is 12.1 Å². The van der Waals surface area contributed by atoms with Crippen molar-refractivity contribution in [2.75, 3.05) is 12.8 Å². The molecule has 1 heterocycles. The molecule has 1 N–H and O–H groups in total. The van der Waals surface area contributed by atoms with E-state index in [0.29, 0.717) is 12.3 Å². The zero-order valence-corrected chi connectivity index (χ0v) is 20.9. The molecule has 0 spiro atoms. The van der Waals surface area contributed by atoms with E-state index in [0.717, 1.165) is 18.2 Å². The van der Waals surface area contributed by atoms with Crippen LogP contribution in [-0.2, 0) is 20.1 Å². The number of carbonyl (C=O) groups is 1. The molecule has 0 bridgehead atoms. The number of nitro benzene ring substituents is 1. The Labute approximate surface area is 210 Å². The van der Waals surface area contributed by atoms with E-state index >= 15 is 0 Å². The summed E-state index contributed by atoms with van der Waals surface area (Å²) in [4.78, 5) is 24.7. The average Bonchev–Trinajstić information content (AvgIpc) is 2.84. The van der Waals surface area contributed by atoms with Gasteiger partial charge in [0.2, 0.25) is 13.2 Å². The number of halogens is 4. The molecule has 9 nitrogen and oxygen atoms in total. The Morgan fingerprint density at radius 1 is 1.19 bits per heavy atom. The Balaban J connectivity index is 0.000000662. The fourth-order valence-corrected chi connectivity index (χ4v) is 5.33. The van der Waals surface area contributed by atoms with Gasteiger partial charge in [0.1, 0.15) is 16.1 Å². The number of nitro groups is 1. The van der Waals surface area contributed by atoms with Gasteiger partial charge in [0.25, 0.3) is 5.69 Å². The standard InChI is InChI=1S/C16H13ClF3N2O7P.C6H12/c1-2-30(27,28-8-14(23)24)13-6-10(3-4-12(13)22(25)26)29-15-11(17)5-9(7-21-15)16(18,19)20;1-2-4-6-5-3-1/h3-7H,2,8H2,1H3,(H,23,24);1-6H2. The Kier molecular flexibility index (Phi) is 10.7. The summed E-state index contributed by atoms with van der Waals surface area (Å²) in [5.41, 5.74) is -1.72. The van der Waals surface area contributed by atoms with Gasteiger partial charge in [-0.1, -0.05) is 57.0 Å². The van der Waals surface area contributed by atoms with Crippen molar-refractivity contribution in [3.63, 3.8) is 0 Å². The lowest BCUT2D eigenvalue weighted by Crippen LogP contribution is -2.17. The van der Waals surface area contributed by atoms with Crippen LogP contribution in [0.3, 0.4) is 0 Å². The summed E-state index contributed by atoms with van der Waals surface area (Å²) in [7, 11) is -3.98. The summed E-state index contributed by atoms with van der Waals surface area (Å²) in [6.07, 6.45) is 4.55. The molecule has 36 heavy (non-hydrogen) atoms. The number of hydrogen-bond donors (Lipinski definition) is 1. The van der Waals surface area contributed by atoms with Crippen LogP contribution in [0.25, 0.3) is 0 Å². The molecule has 1 unspecified atom stereocenters. The number of carboxylic acid groups (broad SMARTS) is 1. The van der Waals surface area contributed by atoms with Crippen LogP contribution in [0.4, 0.5) is 18.9 Å². The molecule has 14 heteroatoms. The minimum absolute atomic E-state index is 0.183. The van der Waals surface area contributed by atoms with E-state index in [9.17, 15) is 32.6 Å². The van der Waals surface area contributed by atoms with Crippen molar-refractivity contribution in [2.24, 2.45) is 0 Å². The predicted octanol–water partition coefficient (Wildman–Crippen LogP) is 6.82. The normalized spacial score (nSPS) is 15.2. The zero-order valence-electron chi connectivity index (χ0n) is 19.3. The number of aliphatic carboxylic acids is 1. The van der Waals surface area contributed by atoms with Crippen LogP contribution in [0.15, 0.2) is 30.5 Å². The van der Waals surface area contributed by atoms with Crippen LogP contribution in [0.2, 0.25) is 5.02 Å². The second-order valence-electron chi connectivity index (χ2n) is 7.80. The molecule has 1 aliphatic carbocycles. The molecule has 1 saturated carbocycles. The molecule has 1 aromatic heterocycles. The number of hydrogen-bond acceptors (Lipinski definition) is 7. The van der Waals surface area contributed by atoms with Gasteiger partial charge in [-0.15, -0.1) is 0 Å². The number of benzene rings is 1. The molecule has 198 valence electrons. The van der Waals surface area contributed by atoms with Crippen LogP contribution in [0.5, 0.6) is 11.6 Å². The fraction of sp³-hybridized carbons (Fsp3) is 0.455. The molecular weight excluding hydrogens is 528 g/mol. The number of nitrogens with zero attached hydrogens (tertiary/aromatic N) is 2. The van der Waals surface area contributed by atoms with Gasteiger partial charge in [-0.25, -0.2) is 9.78 Å². The largest absolute Gasteiger partial charge is 0.480 e. The van der Waals surface area contributed by atoms with Crippen molar-refractivity contribution in [1.82, 2.24) is 4.98 Å². The minimum Gasteiger partial charge on any atom is -0.480 e. The molecular formula is C22H25ClF3N2O7P. The maximum Gasteiger partial charge on any atom is 0.417 e. The summed E-state index contributed by atoms with van der Waals surface area (Å²) in [5.74, 6) is -2.04. The molecule has 1 aromatic carbocycles. The molecule has 1 aliphatic rings. The highest BCUT2D eigenvalue weighted by molar-refractivity contribution is 7.67. The summed E-state index contributed by atoms with van der Waals surface area (Å²) < 4.78 is 61.4. The quantitative estimate of drug-likeness (QED) is 0.214. The van der Waals surface area contributed by atoms with Gasteiger partial charge in [0, 0.05) is 24.5 Å². The second kappa shape index (κ2) is 13.0. The third-order valence-corrected chi connectivity index (χ3v) is 7.91. The van der Waals surface area contributed by atoms with Gasteiger partial charge < -0.3 is 14.4 Å². The summed E-state index contributed by atoms with van der Waals surface area (Å²) in [5, 5.41) is 19.2. The smallest absolute Gasteiger partial charge is 0.417 e. The van der Waals surface area contributed by atoms with E-state index in [4.69, 9.17) is 26.0 Å². The van der Waals surface area contributed by atoms with E-state index in [1.54, 1.807) is 0 Å². The fourth-order valence-electron chi connectivity index (χ4n) is 3.31. The van der Waals surface area contributed by atoms with Crippen molar-refractivity contribution >= 4 is 35.9 Å². The first kappa shape index (κ1) is 29.5. The van der Waals surface area contributed by atoms with Crippen molar-refractivity contribution in [3.05, 3.63) is 51.2 Å². The Morgan fingerprint density at radius 3 is 2.22 bits per heavy atom. The minimum atomic E-state index is -4.68. The van der Waals surface area contributed by atoms with E-state index in [-0.39, 0.29) is 11.9 Å². The second-order valence-corrected chi connectivity index (χ2v) is 10.9. The lowest BCUT2D eigenvalue weighted by atomic mass is 10.0. The highest BCUT2D eigenvalue weighted by atomic mass is 35.5. The lowest BCUT2D eigenvalue weighted by molar-refractivity contribution is -0.383. The van der Waals surface area contributed by atoms with Gasteiger partial charge in [-0.3, -0.25) is 14.7 Å². The zero-order chi connectivity index (χ0) is 26.9. The molecule has 0 amide bonds. The monoisotopic (exact) mass is 552 g/mol. The number of carboxylic acids is 1. The Hall–Kier alpha value is -2.69. The van der Waals surface area contributed by atoms with E-state index in [1.165, 1.54) is 45.4 Å². The van der Waals surface area contributed by atoms with Crippen LogP contribution >= 0.6 is 19.0 Å². The van der Waals surface area contributed by atoms with Crippen molar-refractivity contribution < 1.29 is 41.8 Å². The third kappa shape index (κ3) is 8.46. The van der Waals surface area contributed by atoms with Crippen LogP contribution < -0.4 is 10.0 Å². The molecule has 0 saturated heterocycles. The van der Waals surface area contributed by atoms with Crippen molar-refractivity contribution in [1.29, 1.82) is 0 Å². The summed E-state index contributed by atoms with van der Waals surface area (Å²) >= 11 is 5.77. The van der Waals surface area contributed by atoms with Crippen LogP contribution in [0.1, 0.15) is 51.0 Å². The summed E-state index contributed by atoms with van der Waals surface area (Å²) in [6, 6.07) is 3.59. The molecule has 1 atom stereocenters. The number of aromatic nitrogens is 1. The SMILES string of the molecule is C1CCCCC1.CCP(=O)(OCC(=O)O)c1cc(Oc2ncc(C(F)(F)F)cc2Cl)ccc1[N+](=O)[O-]. The Morgan fingerprint density at radius 2 is 1.78 bits per heavy atom. The number of rotatable bonds is 8. The molecule has 0 radical (unpaired) electrons. The molecule has 3 rings (SSSR count). The maximum absolute atomic E-state index is 13.0. The van der Waals surface area contributed by atoms with Gasteiger partial charge in [0.05, 0.1) is 10.5 Å². The third-order valence-electron chi connectivity index (χ3n) is 5.17. The van der Waals surface area contributed by atoms with E-state index < -0.39 is 58.5 Å². The summed E-state index contributed by atoms with van der Waals surface area (Å²) in [6.45, 7) is 0.424. The number of pyridine rings is 1. The van der Waals surface area contributed by atoms with E-state index in [1.807, 2.05) is 0 Å². The predicted molar refractivity (Wildman–Crippen MR) is 126 cm³/mol. The lowest BCUT2D eigenvalue weighted by Gasteiger charge is -2.17. The first-order valence-electron chi connectivity index (χ1n) is 11.0. The van der Waals surface area contributed by atoms with Crippen LogP contribution in [0, 0.1) is 10.1 Å². The van der Waals surface area contributed by atoms with Crippen molar-refractivity contribution in [2.45, 2.75) is 51.6 Å². The number of alkyl halides is 3. The van der Waals surface area contributed by atoms with Crippen LogP contribution in [-0.4, -0.2) is 33.8 Å². The van der Waals surface area contributed by atoms with Gasteiger partial charge in [-0.2, -0.15) is 13.2 Å².